The molecule has 1 aliphatic heterocycles. The van der Waals surface area contributed by atoms with Gasteiger partial charge in [0, 0.05) is 24.6 Å². The Bertz CT molecular complexity index is 1080. The van der Waals surface area contributed by atoms with Crippen LogP contribution >= 0.6 is 11.8 Å². The Balaban J connectivity index is 2.10. The summed E-state index contributed by atoms with van der Waals surface area (Å²) in [5.74, 6) is -1.40. The topological polar surface area (TPSA) is 46.6 Å². The van der Waals surface area contributed by atoms with Gasteiger partial charge in [-0.05, 0) is 62.9 Å². The lowest BCUT2D eigenvalue weighted by Crippen LogP contribution is -2.30. The molecule has 0 bridgehead atoms. The van der Waals surface area contributed by atoms with E-state index < -0.39 is 52.5 Å². The summed E-state index contributed by atoms with van der Waals surface area (Å²) >= 11 is 1.31. The number of thioether (sulfide) groups is 1. The lowest BCUT2D eigenvalue weighted by Gasteiger charge is -2.29. The van der Waals surface area contributed by atoms with Crippen molar-refractivity contribution >= 4 is 40.2 Å². The van der Waals surface area contributed by atoms with E-state index in [1.165, 1.54) is 42.1 Å². The monoisotopic (exact) mass is 535 g/mol. The summed E-state index contributed by atoms with van der Waals surface area (Å²) < 4.78 is 86.8. The molecule has 0 spiro atoms. The Morgan fingerprint density at radius 3 is 2.43 bits per heavy atom. The number of hydrogen-bond donors (Lipinski definition) is 0. The van der Waals surface area contributed by atoms with E-state index in [1.807, 2.05) is 0 Å². The van der Waals surface area contributed by atoms with Crippen molar-refractivity contribution in [2.24, 2.45) is 11.3 Å². The lowest BCUT2D eigenvalue weighted by molar-refractivity contribution is -0.137. The summed E-state index contributed by atoms with van der Waals surface area (Å²) in [4.78, 5) is 13.5. The normalized spacial score (nSPS) is 20.8. The maximum absolute atomic E-state index is 15.4. The maximum atomic E-state index is 15.4. The second kappa shape index (κ2) is 10.9. The summed E-state index contributed by atoms with van der Waals surface area (Å²) in [6, 6.07) is 8.34. The van der Waals surface area contributed by atoms with E-state index >= 15 is 4.39 Å². The van der Waals surface area contributed by atoms with E-state index in [4.69, 9.17) is 4.74 Å². The fourth-order valence-corrected chi connectivity index (χ4v) is 5.58. The van der Waals surface area contributed by atoms with E-state index in [2.05, 4.69) is 0 Å². The highest BCUT2D eigenvalue weighted by molar-refractivity contribution is 7.98. The third-order valence-corrected chi connectivity index (χ3v) is 7.91. The molecule has 35 heavy (non-hydrogen) atoms. The number of ether oxygens (including phenoxy) is 1. The molecule has 0 N–H and O–H groups in total. The van der Waals surface area contributed by atoms with Gasteiger partial charge in [0.15, 0.2) is 5.50 Å². The molecule has 3 atom stereocenters. The van der Waals surface area contributed by atoms with Gasteiger partial charge in [0.05, 0.1) is 38.3 Å². The maximum Gasteiger partial charge on any atom is 0.389 e. The third kappa shape index (κ3) is 6.75. The Morgan fingerprint density at radius 1 is 1.20 bits per heavy atom. The van der Waals surface area contributed by atoms with E-state index in [-0.39, 0.29) is 18.0 Å². The number of carbonyl (C=O) groups is 1. The van der Waals surface area contributed by atoms with Crippen LogP contribution < -0.4 is 9.64 Å². The first-order valence-corrected chi connectivity index (χ1v) is 13.2. The lowest BCUT2D eigenvalue weighted by atomic mass is 9.98. The number of halogens is 5. The molecule has 0 radical (unpaired) electrons. The molecule has 2 aromatic rings. The van der Waals surface area contributed by atoms with Crippen molar-refractivity contribution in [3.63, 3.8) is 0 Å². The number of hydrogen-bond acceptors (Lipinski definition) is 5. The number of anilines is 2. The summed E-state index contributed by atoms with van der Waals surface area (Å²) in [6.45, 7) is 3.21. The molecule has 3 unspecified atom stereocenters. The second-order valence-corrected chi connectivity index (χ2v) is 11.3. The van der Waals surface area contributed by atoms with Gasteiger partial charge in [-0.15, -0.1) is 11.8 Å². The third-order valence-electron chi connectivity index (χ3n) is 5.60. The number of alkyl halides is 4. The molecule has 11 heteroatoms. The van der Waals surface area contributed by atoms with Gasteiger partial charge in [-0.2, -0.15) is 13.2 Å². The van der Waals surface area contributed by atoms with Gasteiger partial charge in [0.25, 0.3) is 0 Å². The standard InChI is InChI=1S/C24H26F5NO3S2/c1-23(2,13-31)14-33-19-11-21-18(10-20(19)34-3)30(17-6-4-16(25)5-7-17)12-15(22(26)35(21)32)8-9-24(27,28)29/h4-7,10-11,13,15,22H,8-9,12,14H2,1-3H3. The quantitative estimate of drug-likeness (QED) is 0.215. The van der Waals surface area contributed by atoms with Gasteiger partial charge >= 0.3 is 6.18 Å². The Kier molecular flexibility index (Phi) is 8.52. The molecule has 0 aliphatic carbocycles. The first kappa shape index (κ1) is 27.4. The van der Waals surface area contributed by atoms with E-state index in [1.54, 1.807) is 31.1 Å². The molecule has 0 amide bonds. The molecule has 0 aromatic heterocycles. The zero-order chi connectivity index (χ0) is 26.0. The SMILES string of the molecule is CSc1cc2c(cc1OCC(C)(C)C=O)S(=O)C(F)C(CCC(F)(F)F)CN2c1ccc(F)cc1. The predicted octanol–water partition coefficient (Wildman–Crippen LogP) is 6.67. The zero-order valence-electron chi connectivity index (χ0n) is 19.4. The molecule has 0 fully saturated rings. The summed E-state index contributed by atoms with van der Waals surface area (Å²) in [7, 11) is -2.29. The number of carbonyl (C=O) groups excluding carboxylic acids is 1. The minimum Gasteiger partial charge on any atom is -0.491 e. The number of benzene rings is 2. The number of fused-ring (bicyclic) bond motifs is 1. The summed E-state index contributed by atoms with van der Waals surface area (Å²) in [5.41, 5.74) is -2.08. The molecule has 1 heterocycles. The van der Waals surface area contributed by atoms with Crippen molar-refractivity contribution in [3.8, 4) is 5.75 Å². The van der Waals surface area contributed by atoms with Gasteiger partial charge < -0.3 is 14.4 Å². The van der Waals surface area contributed by atoms with Crippen LogP contribution in [0, 0.1) is 17.2 Å². The van der Waals surface area contributed by atoms with Crippen LogP contribution in [0.3, 0.4) is 0 Å². The number of aldehydes is 1. The number of nitrogens with zero attached hydrogens (tertiary/aromatic N) is 1. The minimum absolute atomic E-state index is 0.0183. The average molecular weight is 536 g/mol. The van der Waals surface area contributed by atoms with Gasteiger partial charge in [0.2, 0.25) is 0 Å². The first-order chi connectivity index (χ1) is 16.3. The molecule has 4 nitrogen and oxygen atoms in total. The van der Waals surface area contributed by atoms with Gasteiger partial charge in [0.1, 0.15) is 17.9 Å². The summed E-state index contributed by atoms with van der Waals surface area (Å²) in [6.07, 6.45) is -3.73. The van der Waals surface area contributed by atoms with E-state index in [0.29, 0.717) is 22.0 Å². The van der Waals surface area contributed by atoms with Crippen LogP contribution in [0.15, 0.2) is 46.2 Å². The Hall–Kier alpha value is -2.14. The van der Waals surface area contributed by atoms with Crippen LogP contribution in [-0.4, -0.2) is 41.6 Å². The fourth-order valence-electron chi connectivity index (χ4n) is 3.62. The van der Waals surface area contributed by atoms with Crippen LogP contribution in [0.4, 0.5) is 33.3 Å². The second-order valence-electron chi connectivity index (χ2n) is 9.02. The highest BCUT2D eigenvalue weighted by Crippen LogP contribution is 2.44. The molecular weight excluding hydrogens is 509 g/mol. The Morgan fingerprint density at radius 2 is 1.86 bits per heavy atom. The molecule has 3 rings (SSSR count). The Labute approximate surface area is 207 Å². The van der Waals surface area contributed by atoms with Crippen molar-refractivity contribution < 1.29 is 35.7 Å². The van der Waals surface area contributed by atoms with Crippen molar-refractivity contribution in [2.45, 2.75) is 48.2 Å². The van der Waals surface area contributed by atoms with Crippen LogP contribution in [0.25, 0.3) is 0 Å². The molecule has 192 valence electrons. The molecule has 0 saturated heterocycles. The van der Waals surface area contributed by atoms with Gasteiger partial charge in [-0.1, -0.05) is 0 Å². The van der Waals surface area contributed by atoms with Crippen molar-refractivity contribution in [2.75, 3.05) is 24.3 Å². The van der Waals surface area contributed by atoms with Crippen LogP contribution in [0.2, 0.25) is 0 Å². The molecular formula is C24H26F5NO3S2. The van der Waals surface area contributed by atoms with Crippen molar-refractivity contribution in [1.82, 2.24) is 0 Å². The first-order valence-electron chi connectivity index (χ1n) is 10.8. The highest BCUT2D eigenvalue weighted by Gasteiger charge is 2.39. The van der Waals surface area contributed by atoms with Crippen LogP contribution in [0.1, 0.15) is 26.7 Å². The van der Waals surface area contributed by atoms with Crippen molar-refractivity contribution in [1.29, 1.82) is 0 Å². The molecule has 2 aromatic carbocycles. The number of rotatable bonds is 8. The zero-order valence-corrected chi connectivity index (χ0v) is 21.0. The average Bonchev–Trinajstić information content (AvgIpc) is 2.91. The fraction of sp³-hybridized carbons (Fsp3) is 0.458. The van der Waals surface area contributed by atoms with Gasteiger partial charge in [-0.3, -0.25) is 4.21 Å². The smallest absolute Gasteiger partial charge is 0.389 e. The van der Waals surface area contributed by atoms with Gasteiger partial charge in [-0.25, -0.2) is 8.78 Å². The summed E-state index contributed by atoms with van der Waals surface area (Å²) in [5, 5.41) is 0. The molecule has 1 aliphatic rings. The largest absolute Gasteiger partial charge is 0.491 e. The minimum atomic E-state index is -4.49. The molecule has 0 saturated carbocycles. The van der Waals surface area contributed by atoms with Crippen LogP contribution in [0.5, 0.6) is 5.75 Å². The van der Waals surface area contributed by atoms with Crippen LogP contribution in [-0.2, 0) is 15.6 Å². The van der Waals surface area contributed by atoms with Crippen molar-refractivity contribution in [3.05, 3.63) is 42.2 Å². The van der Waals surface area contributed by atoms with E-state index in [9.17, 15) is 26.6 Å². The highest BCUT2D eigenvalue weighted by atomic mass is 32.2. The van der Waals surface area contributed by atoms with E-state index in [0.717, 1.165) is 6.29 Å². The predicted molar refractivity (Wildman–Crippen MR) is 127 cm³/mol.